The normalized spacial score (nSPS) is 23.4. The maximum Gasteiger partial charge on any atom is 0.160 e. The van der Waals surface area contributed by atoms with Gasteiger partial charge in [0.05, 0.1) is 34.2 Å². The molecular weight excluding hydrogens is 638 g/mol. The van der Waals surface area contributed by atoms with Crippen LogP contribution >= 0.6 is 11.6 Å². The van der Waals surface area contributed by atoms with Crippen molar-refractivity contribution < 1.29 is 36.0 Å². The summed E-state index contributed by atoms with van der Waals surface area (Å²) in [5.74, 6) is -0.426. The number of carbonyl (C=O) groups is 1. The van der Waals surface area contributed by atoms with E-state index in [1.54, 1.807) is 18.2 Å². The van der Waals surface area contributed by atoms with Gasteiger partial charge < -0.3 is 18.9 Å². The lowest BCUT2D eigenvalue weighted by atomic mass is 10.0. The Morgan fingerprint density at radius 2 is 1.87 bits per heavy atom. The van der Waals surface area contributed by atoms with E-state index in [0.29, 0.717) is 49.5 Å². The SMILES string of the molecule is O=C(CCc1ccc(N2C[C@@H]3C[C@H]2C[C@H]3OCc2c(-c3c(F)cccc3Cl)noc2C2CC2)c(F)c1)CS(=O)(=O)C1CCOCC1. The number of anilines is 1. The number of ether oxygens (including phenoxy) is 2. The second kappa shape index (κ2) is 13.0. The van der Waals surface area contributed by atoms with Gasteiger partial charge in [-0.15, -0.1) is 0 Å². The quantitative estimate of drug-likeness (QED) is 0.217. The predicted molar refractivity (Wildman–Crippen MR) is 169 cm³/mol. The Kier molecular flexibility index (Phi) is 8.95. The smallest absolute Gasteiger partial charge is 0.160 e. The van der Waals surface area contributed by atoms with Gasteiger partial charge in [-0.25, -0.2) is 17.2 Å². The van der Waals surface area contributed by atoms with Crippen LogP contribution in [0.3, 0.4) is 0 Å². The monoisotopic (exact) mass is 674 g/mol. The molecule has 2 bridgehead atoms. The van der Waals surface area contributed by atoms with Crippen LogP contribution in [0.25, 0.3) is 11.3 Å². The molecule has 0 N–H and O–H groups in total. The summed E-state index contributed by atoms with van der Waals surface area (Å²) >= 11 is 6.36. The second-order valence-electron chi connectivity index (χ2n) is 13.1. The minimum absolute atomic E-state index is 0.0297. The lowest BCUT2D eigenvalue weighted by Gasteiger charge is -2.33. The highest BCUT2D eigenvalue weighted by Gasteiger charge is 2.46. The van der Waals surface area contributed by atoms with Gasteiger partial charge in [0.25, 0.3) is 0 Å². The maximum atomic E-state index is 15.4. The lowest BCUT2D eigenvalue weighted by Crippen LogP contribution is -2.39. The molecule has 2 aliphatic heterocycles. The number of Topliss-reactive ketones (excluding diaryl/α,β-unsaturated/α-hetero) is 1. The molecule has 3 aromatic rings. The third-order valence-electron chi connectivity index (χ3n) is 9.94. The fourth-order valence-electron chi connectivity index (χ4n) is 7.32. The Morgan fingerprint density at radius 1 is 1.07 bits per heavy atom. The molecule has 0 unspecified atom stereocenters. The molecule has 8 nitrogen and oxygen atoms in total. The van der Waals surface area contributed by atoms with Crippen molar-refractivity contribution in [3.05, 3.63) is 69.9 Å². The van der Waals surface area contributed by atoms with Gasteiger partial charge in [0.2, 0.25) is 0 Å². The molecule has 1 aromatic heterocycles. The number of nitrogens with zero attached hydrogens (tertiary/aromatic N) is 2. The molecule has 246 valence electrons. The number of halogens is 3. The van der Waals surface area contributed by atoms with Gasteiger partial charge >= 0.3 is 0 Å². The highest BCUT2D eigenvalue weighted by Crippen LogP contribution is 2.47. The van der Waals surface area contributed by atoms with Crippen molar-refractivity contribution in [1.29, 1.82) is 0 Å². The van der Waals surface area contributed by atoms with E-state index in [1.165, 1.54) is 12.1 Å². The summed E-state index contributed by atoms with van der Waals surface area (Å²) in [7, 11) is -3.51. The number of hydrogen-bond acceptors (Lipinski definition) is 8. The predicted octanol–water partition coefficient (Wildman–Crippen LogP) is 6.43. The number of rotatable bonds is 12. The highest BCUT2D eigenvalue weighted by atomic mass is 35.5. The summed E-state index contributed by atoms with van der Waals surface area (Å²) in [6.07, 6.45) is 4.75. The van der Waals surface area contributed by atoms with Crippen molar-refractivity contribution in [2.75, 3.05) is 30.4 Å². The zero-order valence-electron chi connectivity index (χ0n) is 25.4. The van der Waals surface area contributed by atoms with Crippen molar-refractivity contribution in [3.8, 4) is 11.3 Å². The van der Waals surface area contributed by atoms with Crippen molar-refractivity contribution >= 4 is 32.9 Å². The standard InChI is InChI=1S/C34H37ClF2N2O6S/c35-27-2-1-3-28(36)32(27)33-26(34(45-38-33)21-6-7-21)18-44-31-16-23-15-22(31)17-39(23)30-9-5-20(14-29(30)37)4-8-24(40)19-46(41,42)25-10-12-43-13-11-25/h1-3,5,9,14,21-23,25,31H,4,6-8,10-13,15-19H2/t22-,23-,31+/m0/s1. The number of benzene rings is 2. The molecule has 0 amide bonds. The Hall–Kier alpha value is -2.86. The fourth-order valence-corrected chi connectivity index (χ4v) is 9.31. The minimum atomic E-state index is -3.51. The summed E-state index contributed by atoms with van der Waals surface area (Å²) in [6.45, 7) is 1.68. The Morgan fingerprint density at radius 3 is 2.57 bits per heavy atom. The molecule has 2 aliphatic carbocycles. The fraction of sp³-hybridized carbons (Fsp3) is 0.529. The highest BCUT2D eigenvalue weighted by molar-refractivity contribution is 7.92. The first-order valence-electron chi connectivity index (χ1n) is 16.1. The zero-order valence-corrected chi connectivity index (χ0v) is 27.0. The van der Waals surface area contributed by atoms with E-state index in [9.17, 15) is 17.6 Å². The second-order valence-corrected chi connectivity index (χ2v) is 15.8. The van der Waals surface area contributed by atoms with E-state index in [1.807, 2.05) is 6.07 Å². The Balaban J connectivity index is 0.951. The molecule has 4 fully saturated rings. The lowest BCUT2D eigenvalue weighted by molar-refractivity contribution is -0.116. The number of fused-ring (bicyclic) bond motifs is 2. The molecular formula is C34H37ClF2N2O6S. The van der Waals surface area contributed by atoms with Gasteiger partial charge in [0.1, 0.15) is 34.6 Å². The molecule has 7 rings (SSSR count). The molecule has 2 aromatic carbocycles. The molecule has 0 spiro atoms. The molecule has 0 radical (unpaired) electrons. The van der Waals surface area contributed by atoms with Crippen LogP contribution in [0.15, 0.2) is 40.9 Å². The van der Waals surface area contributed by atoms with Crippen LogP contribution < -0.4 is 4.90 Å². The van der Waals surface area contributed by atoms with Crippen LogP contribution in [0.5, 0.6) is 0 Å². The van der Waals surface area contributed by atoms with Gasteiger partial charge in [-0.1, -0.05) is 28.9 Å². The average molecular weight is 675 g/mol. The number of piperidine rings is 1. The topological polar surface area (TPSA) is 98.9 Å². The molecule has 4 aliphatic rings. The van der Waals surface area contributed by atoms with E-state index in [2.05, 4.69) is 10.1 Å². The summed E-state index contributed by atoms with van der Waals surface area (Å²) in [5, 5.41) is 3.95. The van der Waals surface area contributed by atoms with Crippen LogP contribution in [-0.2, 0) is 37.1 Å². The molecule has 2 saturated heterocycles. The van der Waals surface area contributed by atoms with Crippen LogP contribution in [0.4, 0.5) is 14.5 Å². The largest absolute Gasteiger partial charge is 0.381 e. The van der Waals surface area contributed by atoms with Crippen LogP contribution in [0.2, 0.25) is 5.02 Å². The molecule has 3 atom stereocenters. The third-order valence-corrected chi connectivity index (χ3v) is 12.5. The van der Waals surface area contributed by atoms with E-state index in [-0.39, 0.29) is 65.6 Å². The van der Waals surface area contributed by atoms with Crippen molar-refractivity contribution in [2.45, 2.75) is 81.3 Å². The van der Waals surface area contributed by atoms with Gasteiger partial charge in [-0.2, -0.15) is 0 Å². The number of sulfone groups is 1. The Bertz CT molecular complexity index is 1700. The molecule has 46 heavy (non-hydrogen) atoms. The first-order valence-corrected chi connectivity index (χ1v) is 18.2. The van der Waals surface area contributed by atoms with Gasteiger partial charge in [0, 0.05) is 49.6 Å². The van der Waals surface area contributed by atoms with Crippen molar-refractivity contribution in [3.63, 3.8) is 0 Å². The minimum Gasteiger partial charge on any atom is -0.381 e. The van der Waals surface area contributed by atoms with E-state index < -0.39 is 26.7 Å². The Labute approximate surface area is 272 Å². The van der Waals surface area contributed by atoms with E-state index >= 15 is 4.39 Å². The number of carbonyl (C=O) groups excluding carboxylic acids is 1. The van der Waals surface area contributed by atoms with Crippen LogP contribution in [0.1, 0.15) is 67.8 Å². The third kappa shape index (κ3) is 6.48. The molecule has 12 heteroatoms. The van der Waals surface area contributed by atoms with Crippen molar-refractivity contribution in [1.82, 2.24) is 5.16 Å². The van der Waals surface area contributed by atoms with Gasteiger partial charge in [0.15, 0.2) is 9.84 Å². The van der Waals surface area contributed by atoms with E-state index in [4.69, 9.17) is 25.6 Å². The molecule has 2 saturated carbocycles. The summed E-state index contributed by atoms with van der Waals surface area (Å²) in [6, 6.07) is 9.70. The number of ketones is 1. The van der Waals surface area contributed by atoms with Crippen LogP contribution in [0, 0.1) is 17.6 Å². The number of aryl methyl sites for hydroxylation is 1. The van der Waals surface area contributed by atoms with Crippen molar-refractivity contribution in [2.24, 2.45) is 5.92 Å². The number of hydrogen-bond donors (Lipinski definition) is 0. The average Bonchev–Trinajstić information content (AvgIpc) is 3.49. The van der Waals surface area contributed by atoms with Gasteiger partial charge in [-0.05, 0) is 74.8 Å². The van der Waals surface area contributed by atoms with Gasteiger partial charge in [-0.3, -0.25) is 4.79 Å². The first-order chi connectivity index (χ1) is 22.2. The molecule has 3 heterocycles. The number of aromatic nitrogens is 1. The zero-order chi connectivity index (χ0) is 32.0. The summed E-state index contributed by atoms with van der Waals surface area (Å²) < 4.78 is 72.7. The summed E-state index contributed by atoms with van der Waals surface area (Å²) in [4.78, 5) is 14.6. The first kappa shape index (κ1) is 31.7. The summed E-state index contributed by atoms with van der Waals surface area (Å²) in [5.41, 5.74) is 2.54. The maximum absolute atomic E-state index is 15.4. The van der Waals surface area contributed by atoms with E-state index in [0.717, 1.165) is 37.0 Å². The van der Waals surface area contributed by atoms with Crippen LogP contribution in [-0.4, -0.2) is 62.3 Å².